The second-order valence-electron chi connectivity index (χ2n) is 5.57. The molecule has 3 rings (SSSR count). The first kappa shape index (κ1) is 16.1. The molecule has 1 aliphatic heterocycles. The number of imidazole rings is 1. The number of aryl methyl sites for hydroxylation is 1. The number of rotatable bonds is 4. The van der Waals surface area contributed by atoms with Crippen LogP contribution in [0.2, 0.25) is 0 Å². The van der Waals surface area contributed by atoms with Crippen molar-refractivity contribution in [1.82, 2.24) is 13.9 Å². The van der Waals surface area contributed by atoms with Crippen molar-refractivity contribution >= 4 is 10.0 Å². The zero-order chi connectivity index (χ0) is 16.4. The summed E-state index contributed by atoms with van der Waals surface area (Å²) >= 11 is 0. The van der Waals surface area contributed by atoms with E-state index in [0.717, 1.165) is 5.56 Å². The van der Waals surface area contributed by atoms with Gasteiger partial charge in [-0.1, -0.05) is 12.1 Å². The summed E-state index contributed by atoms with van der Waals surface area (Å²) in [4.78, 5) is 3.93. The van der Waals surface area contributed by atoms with Crippen molar-refractivity contribution in [3.8, 4) is 0 Å². The van der Waals surface area contributed by atoms with E-state index >= 15 is 0 Å². The SMILES string of the molecule is Cn1cnc(S(=O)(=O)N2CCO[C@@H](Cc3cccc(F)c3)C2)c1. The van der Waals surface area contributed by atoms with Crippen LogP contribution in [0, 0.1) is 5.82 Å². The third-order valence-electron chi connectivity index (χ3n) is 3.74. The normalized spacial score (nSPS) is 19.8. The molecule has 1 aliphatic rings. The summed E-state index contributed by atoms with van der Waals surface area (Å²) in [7, 11) is -1.91. The van der Waals surface area contributed by atoms with Crippen LogP contribution in [0.1, 0.15) is 5.56 Å². The maximum atomic E-state index is 13.3. The second kappa shape index (κ2) is 6.38. The number of benzene rings is 1. The molecule has 1 fully saturated rings. The Morgan fingerprint density at radius 1 is 1.43 bits per heavy atom. The summed E-state index contributed by atoms with van der Waals surface area (Å²) in [6.45, 7) is 0.833. The Labute approximate surface area is 134 Å². The molecule has 0 radical (unpaired) electrons. The molecule has 1 aromatic carbocycles. The molecule has 0 spiro atoms. The molecule has 0 N–H and O–H groups in total. The van der Waals surface area contributed by atoms with E-state index in [1.165, 1.54) is 29.0 Å². The molecule has 2 heterocycles. The van der Waals surface area contributed by atoms with Crippen LogP contribution in [0.3, 0.4) is 0 Å². The Kier molecular flexibility index (Phi) is 4.47. The topological polar surface area (TPSA) is 64.4 Å². The standard InChI is InChI=1S/C15H18FN3O3S/c1-18-10-15(17-11-18)23(20,21)19-5-6-22-14(9-19)8-12-3-2-4-13(16)7-12/h2-4,7,10-11,14H,5-6,8-9H2,1H3/t14-/m0/s1. The molecular weight excluding hydrogens is 321 g/mol. The molecule has 0 bridgehead atoms. The van der Waals surface area contributed by atoms with Gasteiger partial charge in [0.15, 0.2) is 5.03 Å². The minimum Gasteiger partial charge on any atom is -0.375 e. The number of sulfonamides is 1. The van der Waals surface area contributed by atoms with E-state index in [2.05, 4.69) is 4.98 Å². The maximum Gasteiger partial charge on any atom is 0.262 e. The van der Waals surface area contributed by atoms with Crippen LogP contribution in [0.15, 0.2) is 41.8 Å². The zero-order valence-electron chi connectivity index (χ0n) is 12.7. The van der Waals surface area contributed by atoms with Crippen molar-refractivity contribution in [2.24, 2.45) is 7.05 Å². The molecule has 2 aromatic rings. The lowest BCUT2D eigenvalue weighted by atomic mass is 10.1. The van der Waals surface area contributed by atoms with Gasteiger partial charge in [0.25, 0.3) is 10.0 Å². The first-order chi connectivity index (χ1) is 10.9. The summed E-state index contributed by atoms with van der Waals surface area (Å²) in [5.74, 6) is -0.309. The summed E-state index contributed by atoms with van der Waals surface area (Å²) in [6, 6.07) is 6.26. The van der Waals surface area contributed by atoms with Gasteiger partial charge in [-0.2, -0.15) is 4.31 Å². The number of hydrogen-bond acceptors (Lipinski definition) is 4. The van der Waals surface area contributed by atoms with Gasteiger partial charge in [0.05, 0.1) is 19.0 Å². The fourth-order valence-corrected chi connectivity index (χ4v) is 4.04. The minimum atomic E-state index is -3.63. The van der Waals surface area contributed by atoms with E-state index in [-0.39, 0.29) is 23.5 Å². The predicted octanol–water partition coefficient (Wildman–Crippen LogP) is 1.19. The Balaban J connectivity index is 1.73. The highest BCUT2D eigenvalue weighted by molar-refractivity contribution is 7.89. The zero-order valence-corrected chi connectivity index (χ0v) is 13.5. The molecular formula is C15H18FN3O3S. The number of ether oxygens (including phenoxy) is 1. The van der Waals surface area contributed by atoms with Gasteiger partial charge in [-0.25, -0.2) is 17.8 Å². The molecule has 8 heteroatoms. The number of morpholine rings is 1. The van der Waals surface area contributed by atoms with Gasteiger partial charge in [-0.15, -0.1) is 0 Å². The molecule has 0 unspecified atom stereocenters. The highest BCUT2D eigenvalue weighted by atomic mass is 32.2. The van der Waals surface area contributed by atoms with E-state index in [1.54, 1.807) is 23.7 Å². The smallest absolute Gasteiger partial charge is 0.262 e. The van der Waals surface area contributed by atoms with Crippen LogP contribution >= 0.6 is 0 Å². The van der Waals surface area contributed by atoms with E-state index in [0.29, 0.717) is 19.6 Å². The van der Waals surface area contributed by atoms with E-state index in [4.69, 9.17) is 4.74 Å². The number of halogens is 1. The van der Waals surface area contributed by atoms with Crippen LogP contribution < -0.4 is 0 Å². The summed E-state index contributed by atoms with van der Waals surface area (Å²) in [5, 5.41) is 0.0337. The average molecular weight is 339 g/mol. The van der Waals surface area contributed by atoms with Crippen LogP contribution in [0.4, 0.5) is 4.39 Å². The summed E-state index contributed by atoms with van der Waals surface area (Å²) < 4.78 is 47.0. The van der Waals surface area contributed by atoms with Crippen molar-refractivity contribution in [2.75, 3.05) is 19.7 Å². The molecule has 1 atom stereocenters. The molecule has 0 amide bonds. The van der Waals surface area contributed by atoms with Gasteiger partial charge < -0.3 is 9.30 Å². The van der Waals surface area contributed by atoms with Crippen molar-refractivity contribution in [3.05, 3.63) is 48.2 Å². The van der Waals surface area contributed by atoms with Crippen LogP contribution in [0.5, 0.6) is 0 Å². The first-order valence-electron chi connectivity index (χ1n) is 7.29. The Bertz CT molecular complexity index is 791. The van der Waals surface area contributed by atoms with Crippen molar-refractivity contribution < 1.29 is 17.5 Å². The van der Waals surface area contributed by atoms with E-state index in [1.807, 2.05) is 0 Å². The fraction of sp³-hybridized carbons (Fsp3) is 0.400. The fourth-order valence-electron chi connectivity index (χ4n) is 2.62. The molecule has 1 saturated heterocycles. The Hall–Kier alpha value is -1.77. The number of nitrogens with zero attached hydrogens (tertiary/aromatic N) is 3. The monoisotopic (exact) mass is 339 g/mol. The molecule has 23 heavy (non-hydrogen) atoms. The lowest BCUT2D eigenvalue weighted by molar-refractivity contribution is -0.000584. The first-order valence-corrected chi connectivity index (χ1v) is 8.73. The quantitative estimate of drug-likeness (QED) is 0.839. The maximum absolute atomic E-state index is 13.3. The van der Waals surface area contributed by atoms with Crippen molar-refractivity contribution in [1.29, 1.82) is 0 Å². The highest BCUT2D eigenvalue weighted by Gasteiger charge is 2.32. The van der Waals surface area contributed by atoms with Crippen LogP contribution in [-0.2, 0) is 28.2 Å². The highest BCUT2D eigenvalue weighted by Crippen LogP contribution is 2.19. The van der Waals surface area contributed by atoms with E-state index in [9.17, 15) is 12.8 Å². The molecule has 1 aromatic heterocycles. The van der Waals surface area contributed by atoms with Crippen LogP contribution in [-0.4, -0.2) is 48.1 Å². The van der Waals surface area contributed by atoms with Crippen LogP contribution in [0.25, 0.3) is 0 Å². The lowest BCUT2D eigenvalue weighted by Gasteiger charge is -2.31. The van der Waals surface area contributed by atoms with Gasteiger partial charge in [-0.05, 0) is 17.7 Å². The number of aromatic nitrogens is 2. The number of hydrogen-bond donors (Lipinski definition) is 0. The van der Waals surface area contributed by atoms with E-state index < -0.39 is 10.0 Å². The Morgan fingerprint density at radius 2 is 2.26 bits per heavy atom. The summed E-state index contributed by atoms with van der Waals surface area (Å²) in [6.07, 6.45) is 3.10. The van der Waals surface area contributed by atoms with Gasteiger partial charge in [-0.3, -0.25) is 0 Å². The third kappa shape index (κ3) is 3.60. The largest absolute Gasteiger partial charge is 0.375 e. The lowest BCUT2D eigenvalue weighted by Crippen LogP contribution is -2.46. The molecule has 124 valence electrons. The van der Waals surface area contributed by atoms with Gasteiger partial charge in [0.2, 0.25) is 0 Å². The molecule has 0 saturated carbocycles. The van der Waals surface area contributed by atoms with Crippen molar-refractivity contribution in [2.45, 2.75) is 17.6 Å². The Morgan fingerprint density at radius 3 is 2.96 bits per heavy atom. The van der Waals surface area contributed by atoms with Gasteiger partial charge >= 0.3 is 0 Å². The molecule has 6 nitrogen and oxygen atoms in total. The molecule has 0 aliphatic carbocycles. The van der Waals surface area contributed by atoms with Gasteiger partial charge in [0.1, 0.15) is 5.82 Å². The minimum absolute atomic E-state index is 0.0337. The second-order valence-corrected chi connectivity index (χ2v) is 7.45. The summed E-state index contributed by atoms with van der Waals surface area (Å²) in [5.41, 5.74) is 0.784. The van der Waals surface area contributed by atoms with Crippen molar-refractivity contribution in [3.63, 3.8) is 0 Å². The predicted molar refractivity (Wildman–Crippen MR) is 81.8 cm³/mol. The third-order valence-corrected chi connectivity index (χ3v) is 5.49. The van der Waals surface area contributed by atoms with Gasteiger partial charge in [0, 0.05) is 32.8 Å². The average Bonchev–Trinajstić information content (AvgIpc) is 2.95.